The van der Waals surface area contributed by atoms with Gasteiger partial charge in [0.05, 0.1) is 0 Å². The third kappa shape index (κ3) is 4.76. The molecule has 1 aromatic rings. The van der Waals surface area contributed by atoms with Gasteiger partial charge in [0.15, 0.2) is 0 Å². The van der Waals surface area contributed by atoms with Crippen LogP contribution in [0.15, 0.2) is 12.4 Å². The summed E-state index contributed by atoms with van der Waals surface area (Å²) in [6.45, 7) is 6.51. The Kier molecular flexibility index (Phi) is 4.71. The van der Waals surface area contributed by atoms with E-state index in [-0.39, 0.29) is 5.54 Å². The number of anilines is 1. The number of rotatable bonds is 5. The highest BCUT2D eigenvalue weighted by Gasteiger charge is 2.16. The molecule has 1 aromatic heterocycles. The minimum Gasteiger partial charge on any atom is -0.381 e. The average molecular weight is 264 g/mol. The Bertz CT molecular complexity index is 379. The standard InChI is InChI=1S/C14H24N4O/c1-14(2,15)5-6-16-13-17-9-12(10-18-13)11-3-7-19-8-4-11/h9-11H,3-8,15H2,1-2H3,(H,16,17,18). The second-order valence-corrected chi connectivity index (χ2v) is 5.89. The number of nitrogens with zero attached hydrogens (tertiary/aromatic N) is 2. The number of nitrogens with one attached hydrogen (secondary N) is 1. The molecular formula is C14H24N4O. The summed E-state index contributed by atoms with van der Waals surface area (Å²) >= 11 is 0. The molecule has 19 heavy (non-hydrogen) atoms. The van der Waals surface area contributed by atoms with Gasteiger partial charge in [0, 0.05) is 37.7 Å². The molecule has 5 heteroatoms. The molecule has 0 spiro atoms. The van der Waals surface area contributed by atoms with Crippen LogP contribution in [0.1, 0.15) is 44.6 Å². The summed E-state index contributed by atoms with van der Waals surface area (Å²) in [6.07, 6.45) is 6.88. The van der Waals surface area contributed by atoms with Gasteiger partial charge in [-0.15, -0.1) is 0 Å². The van der Waals surface area contributed by atoms with Crippen molar-refractivity contribution in [2.45, 2.75) is 44.6 Å². The molecule has 0 bridgehead atoms. The number of nitrogens with two attached hydrogens (primary N) is 1. The van der Waals surface area contributed by atoms with Gasteiger partial charge in [-0.2, -0.15) is 0 Å². The van der Waals surface area contributed by atoms with Crippen molar-refractivity contribution in [3.63, 3.8) is 0 Å². The summed E-state index contributed by atoms with van der Waals surface area (Å²) in [7, 11) is 0. The summed E-state index contributed by atoms with van der Waals surface area (Å²) in [5.41, 5.74) is 6.99. The molecule has 0 atom stereocenters. The Morgan fingerprint density at radius 3 is 2.53 bits per heavy atom. The number of hydrogen-bond donors (Lipinski definition) is 2. The summed E-state index contributed by atoms with van der Waals surface area (Å²) in [5.74, 6) is 1.23. The van der Waals surface area contributed by atoms with E-state index in [0.29, 0.717) is 11.9 Å². The van der Waals surface area contributed by atoms with Crippen LogP contribution in [0.4, 0.5) is 5.95 Å². The molecule has 2 heterocycles. The van der Waals surface area contributed by atoms with Crippen LogP contribution in [0.25, 0.3) is 0 Å². The zero-order valence-corrected chi connectivity index (χ0v) is 11.9. The van der Waals surface area contributed by atoms with Gasteiger partial charge < -0.3 is 15.8 Å². The van der Waals surface area contributed by atoms with Crippen LogP contribution in [0, 0.1) is 0 Å². The molecule has 1 aliphatic rings. The molecule has 2 rings (SSSR count). The second-order valence-electron chi connectivity index (χ2n) is 5.89. The van der Waals surface area contributed by atoms with Crippen LogP contribution in [0.5, 0.6) is 0 Å². The van der Waals surface area contributed by atoms with Gasteiger partial charge in [-0.05, 0) is 44.6 Å². The number of ether oxygens (including phenoxy) is 1. The third-order valence-electron chi connectivity index (χ3n) is 3.42. The van der Waals surface area contributed by atoms with Crippen LogP contribution in [0.3, 0.4) is 0 Å². The molecule has 0 aromatic carbocycles. The lowest BCUT2D eigenvalue weighted by molar-refractivity contribution is 0.0852. The first-order valence-corrected chi connectivity index (χ1v) is 6.97. The van der Waals surface area contributed by atoms with E-state index in [1.807, 2.05) is 26.2 Å². The van der Waals surface area contributed by atoms with E-state index in [0.717, 1.165) is 39.0 Å². The molecule has 0 radical (unpaired) electrons. The van der Waals surface area contributed by atoms with Crippen molar-refractivity contribution >= 4 is 5.95 Å². The first kappa shape index (κ1) is 14.2. The SMILES string of the molecule is CC(C)(N)CCNc1ncc(C2CCOCC2)cn1. The Balaban J connectivity index is 1.84. The maximum atomic E-state index is 5.93. The molecule has 0 aliphatic carbocycles. The molecule has 3 N–H and O–H groups in total. The molecule has 0 unspecified atom stereocenters. The minimum atomic E-state index is -0.158. The van der Waals surface area contributed by atoms with Crippen molar-refractivity contribution in [1.29, 1.82) is 0 Å². The van der Waals surface area contributed by atoms with Gasteiger partial charge >= 0.3 is 0 Å². The largest absolute Gasteiger partial charge is 0.381 e. The molecule has 1 saturated heterocycles. The summed E-state index contributed by atoms with van der Waals surface area (Å²) in [4.78, 5) is 8.74. The Morgan fingerprint density at radius 2 is 1.95 bits per heavy atom. The van der Waals surface area contributed by atoms with Gasteiger partial charge in [-0.1, -0.05) is 0 Å². The predicted octanol–water partition coefficient (Wildman–Crippen LogP) is 1.91. The lowest BCUT2D eigenvalue weighted by Gasteiger charge is -2.22. The van der Waals surface area contributed by atoms with Crippen molar-refractivity contribution in [1.82, 2.24) is 9.97 Å². The van der Waals surface area contributed by atoms with Crippen molar-refractivity contribution in [3.05, 3.63) is 18.0 Å². The normalized spacial score (nSPS) is 17.4. The van der Waals surface area contributed by atoms with E-state index in [9.17, 15) is 0 Å². The number of hydrogen-bond acceptors (Lipinski definition) is 5. The zero-order chi connectivity index (χ0) is 13.7. The maximum Gasteiger partial charge on any atom is 0.222 e. The fourth-order valence-electron chi connectivity index (χ4n) is 2.17. The lowest BCUT2D eigenvalue weighted by Crippen LogP contribution is -2.34. The predicted molar refractivity (Wildman–Crippen MR) is 76.2 cm³/mol. The van der Waals surface area contributed by atoms with Crippen LogP contribution in [-0.4, -0.2) is 35.3 Å². The van der Waals surface area contributed by atoms with E-state index < -0.39 is 0 Å². The fourth-order valence-corrected chi connectivity index (χ4v) is 2.17. The average Bonchev–Trinajstić information content (AvgIpc) is 2.39. The van der Waals surface area contributed by atoms with Crippen molar-refractivity contribution in [2.24, 2.45) is 5.73 Å². The Morgan fingerprint density at radius 1 is 1.32 bits per heavy atom. The lowest BCUT2D eigenvalue weighted by atomic mass is 9.94. The van der Waals surface area contributed by atoms with E-state index >= 15 is 0 Å². The fraction of sp³-hybridized carbons (Fsp3) is 0.714. The molecule has 106 valence electrons. The molecule has 0 amide bonds. The summed E-state index contributed by atoms with van der Waals surface area (Å²) < 4.78 is 5.36. The van der Waals surface area contributed by atoms with Crippen molar-refractivity contribution in [3.8, 4) is 0 Å². The highest BCUT2D eigenvalue weighted by atomic mass is 16.5. The van der Waals surface area contributed by atoms with Crippen LogP contribution in [-0.2, 0) is 4.74 Å². The van der Waals surface area contributed by atoms with Crippen LogP contribution in [0.2, 0.25) is 0 Å². The van der Waals surface area contributed by atoms with E-state index in [2.05, 4.69) is 15.3 Å². The number of aromatic nitrogens is 2. The molecule has 1 fully saturated rings. The van der Waals surface area contributed by atoms with Gasteiger partial charge in [0.2, 0.25) is 5.95 Å². The maximum absolute atomic E-state index is 5.93. The van der Waals surface area contributed by atoms with Gasteiger partial charge in [-0.3, -0.25) is 0 Å². The van der Waals surface area contributed by atoms with Crippen LogP contribution >= 0.6 is 0 Å². The van der Waals surface area contributed by atoms with Gasteiger partial charge in [-0.25, -0.2) is 9.97 Å². The molecular weight excluding hydrogens is 240 g/mol. The Labute approximate surface area is 115 Å². The smallest absolute Gasteiger partial charge is 0.222 e. The molecule has 5 nitrogen and oxygen atoms in total. The summed E-state index contributed by atoms with van der Waals surface area (Å²) in [5, 5.41) is 3.20. The topological polar surface area (TPSA) is 73.1 Å². The highest BCUT2D eigenvalue weighted by Crippen LogP contribution is 2.25. The van der Waals surface area contributed by atoms with Crippen LogP contribution < -0.4 is 11.1 Å². The van der Waals surface area contributed by atoms with Gasteiger partial charge in [0.1, 0.15) is 0 Å². The van der Waals surface area contributed by atoms with Gasteiger partial charge in [0.25, 0.3) is 0 Å². The zero-order valence-electron chi connectivity index (χ0n) is 11.9. The second kappa shape index (κ2) is 6.30. The first-order chi connectivity index (χ1) is 9.04. The first-order valence-electron chi connectivity index (χ1n) is 6.97. The van der Waals surface area contributed by atoms with E-state index in [1.165, 1.54) is 5.56 Å². The summed E-state index contributed by atoms with van der Waals surface area (Å²) in [6, 6.07) is 0. The van der Waals surface area contributed by atoms with E-state index in [1.54, 1.807) is 0 Å². The molecule has 1 aliphatic heterocycles. The highest BCUT2D eigenvalue weighted by molar-refractivity contribution is 5.26. The molecule has 0 saturated carbocycles. The minimum absolute atomic E-state index is 0.158. The quantitative estimate of drug-likeness (QED) is 0.850. The Hall–Kier alpha value is -1.20. The van der Waals surface area contributed by atoms with E-state index in [4.69, 9.17) is 10.5 Å². The van der Waals surface area contributed by atoms with Crippen molar-refractivity contribution in [2.75, 3.05) is 25.1 Å². The third-order valence-corrected chi connectivity index (χ3v) is 3.42. The van der Waals surface area contributed by atoms with Crippen molar-refractivity contribution < 1.29 is 4.74 Å². The monoisotopic (exact) mass is 264 g/mol.